The fourth-order valence-electron chi connectivity index (χ4n) is 2.93. The van der Waals surface area contributed by atoms with E-state index in [9.17, 15) is 4.79 Å². The van der Waals surface area contributed by atoms with Crippen molar-refractivity contribution in [3.8, 4) is 5.69 Å². The van der Waals surface area contributed by atoms with Crippen molar-refractivity contribution in [1.82, 2.24) is 4.57 Å². The highest BCUT2D eigenvalue weighted by Gasteiger charge is 2.33. The van der Waals surface area contributed by atoms with Crippen LogP contribution in [0.3, 0.4) is 0 Å². The molecule has 1 aliphatic rings. The van der Waals surface area contributed by atoms with Crippen molar-refractivity contribution in [2.75, 3.05) is 6.26 Å². The Kier molecular flexibility index (Phi) is 3.25. The third-order valence-corrected chi connectivity index (χ3v) is 4.67. The fraction of sp³-hybridized carbons (Fsp3) is 0.353. The van der Waals surface area contributed by atoms with Crippen LogP contribution < -0.4 is 0 Å². The van der Waals surface area contributed by atoms with E-state index < -0.39 is 0 Å². The zero-order chi connectivity index (χ0) is 14.3. The van der Waals surface area contributed by atoms with E-state index in [1.54, 1.807) is 11.8 Å². The van der Waals surface area contributed by atoms with E-state index >= 15 is 0 Å². The molecule has 0 saturated heterocycles. The Morgan fingerprint density at radius 2 is 1.80 bits per heavy atom. The van der Waals surface area contributed by atoms with Gasteiger partial charge in [0.15, 0.2) is 5.78 Å². The van der Waals surface area contributed by atoms with Crippen LogP contribution in [-0.2, 0) is 6.42 Å². The lowest BCUT2D eigenvalue weighted by Crippen LogP contribution is -2.27. The van der Waals surface area contributed by atoms with Crippen LogP contribution >= 0.6 is 11.8 Å². The molecule has 0 radical (unpaired) electrons. The Morgan fingerprint density at radius 1 is 1.10 bits per heavy atom. The van der Waals surface area contributed by atoms with Gasteiger partial charge >= 0.3 is 0 Å². The standard InChI is InChI=1S/C17H19NOS/c1-17(2)10-15-14(16(19)11-17)8-9-18(15)12-4-6-13(20-3)7-5-12/h4-9H,10-11H2,1-3H3. The van der Waals surface area contributed by atoms with Crippen LogP contribution in [-0.4, -0.2) is 16.6 Å². The maximum absolute atomic E-state index is 12.2. The number of rotatable bonds is 2. The number of fused-ring (bicyclic) bond motifs is 1. The number of thioether (sulfide) groups is 1. The summed E-state index contributed by atoms with van der Waals surface area (Å²) in [5.41, 5.74) is 3.25. The van der Waals surface area contributed by atoms with Gasteiger partial charge in [-0.3, -0.25) is 4.79 Å². The summed E-state index contributed by atoms with van der Waals surface area (Å²) < 4.78 is 2.16. The minimum atomic E-state index is 0.0550. The molecular weight excluding hydrogens is 266 g/mol. The molecular formula is C17H19NOS. The van der Waals surface area contributed by atoms with E-state index in [0.717, 1.165) is 23.4 Å². The van der Waals surface area contributed by atoms with Gasteiger partial charge in [0.25, 0.3) is 0 Å². The van der Waals surface area contributed by atoms with Gasteiger partial charge in [-0.25, -0.2) is 0 Å². The van der Waals surface area contributed by atoms with Crippen molar-refractivity contribution in [3.63, 3.8) is 0 Å². The molecule has 1 aliphatic carbocycles. The van der Waals surface area contributed by atoms with Gasteiger partial charge in [0.05, 0.1) is 0 Å². The van der Waals surface area contributed by atoms with Gasteiger partial charge in [0.2, 0.25) is 0 Å². The number of nitrogens with zero attached hydrogens (tertiary/aromatic N) is 1. The molecule has 0 N–H and O–H groups in total. The fourth-order valence-corrected chi connectivity index (χ4v) is 3.34. The lowest BCUT2D eigenvalue weighted by molar-refractivity contribution is 0.0911. The minimum absolute atomic E-state index is 0.0550. The SMILES string of the molecule is CSc1ccc(-n2ccc3c2CC(C)(C)CC3=O)cc1. The summed E-state index contributed by atoms with van der Waals surface area (Å²) >= 11 is 1.74. The monoisotopic (exact) mass is 285 g/mol. The van der Waals surface area contributed by atoms with E-state index in [1.165, 1.54) is 4.90 Å². The van der Waals surface area contributed by atoms with Crippen LogP contribution in [0, 0.1) is 5.41 Å². The predicted molar refractivity (Wildman–Crippen MR) is 84.0 cm³/mol. The van der Waals surface area contributed by atoms with Gasteiger partial charge in [0.1, 0.15) is 0 Å². The van der Waals surface area contributed by atoms with Crippen LogP contribution in [0.15, 0.2) is 41.4 Å². The Balaban J connectivity index is 2.05. The highest BCUT2D eigenvalue weighted by Crippen LogP contribution is 2.36. The first-order valence-electron chi connectivity index (χ1n) is 6.88. The first-order valence-corrected chi connectivity index (χ1v) is 8.10. The summed E-state index contributed by atoms with van der Waals surface area (Å²) in [4.78, 5) is 13.5. The predicted octanol–water partition coefficient (Wildman–Crippen LogP) is 4.35. The molecule has 2 aromatic rings. The summed E-state index contributed by atoms with van der Waals surface area (Å²) in [5, 5.41) is 0. The lowest BCUT2D eigenvalue weighted by Gasteiger charge is -2.29. The molecule has 0 unspecified atom stereocenters. The molecule has 104 valence electrons. The van der Waals surface area contributed by atoms with Crippen LogP contribution in [0.2, 0.25) is 0 Å². The highest BCUT2D eigenvalue weighted by atomic mass is 32.2. The van der Waals surface area contributed by atoms with Crippen molar-refractivity contribution >= 4 is 17.5 Å². The lowest BCUT2D eigenvalue weighted by atomic mass is 9.76. The summed E-state index contributed by atoms with van der Waals surface area (Å²) in [6.45, 7) is 4.34. The molecule has 1 aromatic carbocycles. The zero-order valence-electron chi connectivity index (χ0n) is 12.1. The highest BCUT2D eigenvalue weighted by molar-refractivity contribution is 7.98. The topological polar surface area (TPSA) is 22.0 Å². The number of carbonyl (C=O) groups is 1. The normalized spacial score (nSPS) is 17.1. The molecule has 0 amide bonds. The second kappa shape index (κ2) is 4.81. The first-order chi connectivity index (χ1) is 9.50. The number of hydrogen-bond acceptors (Lipinski definition) is 2. The molecule has 0 aliphatic heterocycles. The van der Waals surface area contributed by atoms with Crippen LogP contribution in [0.5, 0.6) is 0 Å². The van der Waals surface area contributed by atoms with E-state index in [-0.39, 0.29) is 11.2 Å². The third-order valence-electron chi connectivity index (χ3n) is 3.93. The Hall–Kier alpha value is -1.48. The molecule has 1 heterocycles. The van der Waals surface area contributed by atoms with Gasteiger partial charge in [-0.1, -0.05) is 13.8 Å². The summed E-state index contributed by atoms with van der Waals surface area (Å²) in [6.07, 6.45) is 5.70. The molecule has 3 heteroatoms. The maximum atomic E-state index is 12.2. The van der Waals surface area contributed by atoms with Crippen molar-refractivity contribution < 1.29 is 4.79 Å². The number of Topliss-reactive ketones (excluding diaryl/α,β-unsaturated/α-hetero) is 1. The minimum Gasteiger partial charge on any atom is -0.320 e. The smallest absolute Gasteiger partial charge is 0.165 e. The molecule has 0 fully saturated rings. The second-order valence-corrected chi connectivity index (χ2v) is 7.06. The van der Waals surface area contributed by atoms with Crippen LogP contribution in [0.25, 0.3) is 5.69 Å². The van der Waals surface area contributed by atoms with Crippen molar-refractivity contribution in [3.05, 3.63) is 47.8 Å². The van der Waals surface area contributed by atoms with Crippen molar-refractivity contribution in [2.45, 2.75) is 31.6 Å². The van der Waals surface area contributed by atoms with E-state index in [4.69, 9.17) is 0 Å². The summed E-state index contributed by atoms with van der Waals surface area (Å²) in [5.74, 6) is 0.274. The van der Waals surface area contributed by atoms with E-state index in [1.807, 2.05) is 12.3 Å². The summed E-state index contributed by atoms with van der Waals surface area (Å²) in [6, 6.07) is 10.5. The molecule has 2 nitrogen and oxygen atoms in total. The van der Waals surface area contributed by atoms with Gasteiger partial charge in [-0.15, -0.1) is 11.8 Å². The quantitative estimate of drug-likeness (QED) is 0.765. The maximum Gasteiger partial charge on any atom is 0.165 e. The zero-order valence-corrected chi connectivity index (χ0v) is 13.0. The van der Waals surface area contributed by atoms with Crippen molar-refractivity contribution in [1.29, 1.82) is 0 Å². The number of aromatic nitrogens is 1. The largest absolute Gasteiger partial charge is 0.320 e. The molecule has 3 rings (SSSR count). The average Bonchev–Trinajstić information content (AvgIpc) is 2.81. The molecule has 0 bridgehead atoms. The molecule has 1 aromatic heterocycles. The second-order valence-electron chi connectivity index (χ2n) is 6.19. The average molecular weight is 285 g/mol. The number of carbonyl (C=O) groups excluding carboxylic acids is 1. The molecule has 20 heavy (non-hydrogen) atoms. The third kappa shape index (κ3) is 2.31. The Bertz CT molecular complexity index is 652. The van der Waals surface area contributed by atoms with E-state index in [0.29, 0.717) is 6.42 Å². The molecule has 0 spiro atoms. The van der Waals surface area contributed by atoms with Crippen LogP contribution in [0.1, 0.15) is 36.3 Å². The van der Waals surface area contributed by atoms with Gasteiger partial charge in [0, 0.05) is 34.5 Å². The number of benzene rings is 1. The summed E-state index contributed by atoms with van der Waals surface area (Å²) in [7, 11) is 0. The van der Waals surface area contributed by atoms with Gasteiger partial charge in [-0.2, -0.15) is 0 Å². The van der Waals surface area contributed by atoms with Crippen LogP contribution in [0.4, 0.5) is 0 Å². The number of ketones is 1. The van der Waals surface area contributed by atoms with Crippen molar-refractivity contribution in [2.24, 2.45) is 5.41 Å². The Morgan fingerprint density at radius 3 is 2.45 bits per heavy atom. The van der Waals surface area contributed by atoms with E-state index in [2.05, 4.69) is 48.9 Å². The van der Waals surface area contributed by atoms with Gasteiger partial charge < -0.3 is 4.57 Å². The Labute approximate surface area is 124 Å². The molecule has 0 saturated carbocycles. The molecule has 0 atom stereocenters. The van der Waals surface area contributed by atoms with Gasteiger partial charge in [-0.05, 0) is 48.4 Å². The number of hydrogen-bond donors (Lipinski definition) is 0. The first kappa shape index (κ1) is 13.5.